The Morgan fingerprint density at radius 1 is 1.25 bits per heavy atom. The van der Waals surface area contributed by atoms with Crippen molar-refractivity contribution in [1.29, 1.82) is 0 Å². The summed E-state index contributed by atoms with van der Waals surface area (Å²) >= 11 is 20.1. The van der Waals surface area contributed by atoms with Gasteiger partial charge in [-0.25, -0.2) is 0 Å². The van der Waals surface area contributed by atoms with Crippen molar-refractivity contribution < 1.29 is 4.79 Å². The van der Waals surface area contributed by atoms with Crippen LogP contribution < -0.4 is 0 Å². The van der Waals surface area contributed by atoms with Crippen molar-refractivity contribution in [3.63, 3.8) is 0 Å². The molecule has 1 aliphatic rings. The molecule has 8 heteroatoms. The van der Waals surface area contributed by atoms with E-state index in [0.29, 0.717) is 25.3 Å². The maximum atomic E-state index is 12.9. The molecule has 1 aliphatic heterocycles. The van der Waals surface area contributed by atoms with Crippen molar-refractivity contribution in [1.82, 2.24) is 9.80 Å². The van der Waals surface area contributed by atoms with Crippen LogP contribution in [0.2, 0.25) is 15.1 Å². The quantitative estimate of drug-likeness (QED) is 0.636. The molecule has 1 fully saturated rings. The van der Waals surface area contributed by atoms with Crippen molar-refractivity contribution in [3.05, 3.63) is 32.1 Å². The summed E-state index contributed by atoms with van der Waals surface area (Å²) in [4.78, 5) is 17.5. The van der Waals surface area contributed by atoms with E-state index in [-0.39, 0.29) is 24.4 Å². The highest BCUT2D eigenvalue weighted by Gasteiger charge is 2.28. The molecule has 1 amide bonds. The van der Waals surface area contributed by atoms with Crippen LogP contribution in [0.4, 0.5) is 0 Å². The number of amides is 1. The first-order valence-electron chi connectivity index (χ1n) is 7.41. The van der Waals surface area contributed by atoms with E-state index < -0.39 is 0 Å². The highest BCUT2D eigenvalue weighted by molar-refractivity contribution is 7.21. The minimum absolute atomic E-state index is 0. The van der Waals surface area contributed by atoms with Crippen LogP contribution in [0, 0.1) is 0 Å². The molecular weight excluding hydrogens is 410 g/mol. The molecule has 0 atom stereocenters. The number of benzene rings is 1. The second-order valence-electron chi connectivity index (χ2n) is 5.96. The highest BCUT2D eigenvalue weighted by atomic mass is 35.5. The van der Waals surface area contributed by atoms with Gasteiger partial charge in [0.2, 0.25) is 0 Å². The number of hydrogen-bond donors (Lipinski definition) is 0. The third-order valence-corrected chi connectivity index (χ3v) is 6.53. The number of piperidine rings is 1. The second kappa shape index (κ2) is 7.98. The third-order valence-electron chi connectivity index (χ3n) is 4.40. The van der Waals surface area contributed by atoms with Gasteiger partial charge in [-0.1, -0.05) is 34.8 Å². The van der Waals surface area contributed by atoms with Gasteiger partial charge in [-0.2, -0.15) is 0 Å². The number of halogens is 4. The van der Waals surface area contributed by atoms with E-state index in [1.807, 2.05) is 11.9 Å². The predicted octanol–water partition coefficient (Wildman–Crippen LogP) is 5.45. The van der Waals surface area contributed by atoms with Crippen LogP contribution in [-0.4, -0.2) is 48.9 Å². The molecule has 0 radical (unpaired) electrons. The summed E-state index contributed by atoms with van der Waals surface area (Å²) in [6, 6.07) is 3.70. The maximum absolute atomic E-state index is 12.9. The molecule has 24 heavy (non-hydrogen) atoms. The van der Waals surface area contributed by atoms with Gasteiger partial charge in [-0.05, 0) is 45.1 Å². The standard InChI is InChI=1S/C16H17Cl3N2OS.ClH/c1-20-5-3-10(4-6-20)21(2)16(22)15-14(19)13-11(18)7-9(17)8-12(13)23-15;/h7-8,10H,3-6H2,1-2H3;1H. The number of likely N-dealkylation sites (tertiary alicyclic amines) is 1. The summed E-state index contributed by atoms with van der Waals surface area (Å²) in [6.07, 6.45) is 1.96. The van der Waals surface area contributed by atoms with Crippen LogP contribution >= 0.6 is 58.5 Å². The monoisotopic (exact) mass is 426 g/mol. The first kappa shape index (κ1) is 20.1. The van der Waals surface area contributed by atoms with Crippen LogP contribution in [0.25, 0.3) is 10.1 Å². The summed E-state index contributed by atoms with van der Waals surface area (Å²) in [7, 11) is 3.96. The van der Waals surface area contributed by atoms with Gasteiger partial charge in [0.05, 0.1) is 10.0 Å². The molecule has 1 saturated heterocycles. The largest absolute Gasteiger partial charge is 0.338 e. The fourth-order valence-electron chi connectivity index (χ4n) is 2.96. The Labute approximate surface area is 166 Å². The fourth-order valence-corrected chi connectivity index (χ4v) is 5.31. The number of fused-ring (bicyclic) bond motifs is 1. The molecule has 132 valence electrons. The zero-order valence-electron chi connectivity index (χ0n) is 13.3. The van der Waals surface area contributed by atoms with Gasteiger partial charge in [-0.15, -0.1) is 23.7 Å². The van der Waals surface area contributed by atoms with Gasteiger partial charge in [0.1, 0.15) is 4.88 Å². The zero-order chi connectivity index (χ0) is 16.7. The molecule has 0 saturated carbocycles. The lowest BCUT2D eigenvalue weighted by Crippen LogP contribution is -2.44. The topological polar surface area (TPSA) is 23.6 Å². The van der Waals surface area contributed by atoms with E-state index in [0.717, 1.165) is 30.6 Å². The first-order chi connectivity index (χ1) is 10.9. The van der Waals surface area contributed by atoms with Crippen LogP contribution in [0.5, 0.6) is 0 Å². The van der Waals surface area contributed by atoms with Gasteiger partial charge < -0.3 is 9.80 Å². The molecule has 2 heterocycles. The molecule has 0 aliphatic carbocycles. The SMILES string of the molecule is CN1CCC(N(C)C(=O)c2sc3cc(Cl)cc(Cl)c3c2Cl)CC1.Cl. The van der Waals surface area contributed by atoms with E-state index in [4.69, 9.17) is 34.8 Å². The summed E-state index contributed by atoms with van der Waals surface area (Å²) in [5.74, 6) is -0.0436. The van der Waals surface area contributed by atoms with E-state index in [1.54, 1.807) is 12.1 Å². The molecule has 2 aromatic rings. The van der Waals surface area contributed by atoms with Crippen molar-refractivity contribution in [3.8, 4) is 0 Å². The Hall–Kier alpha value is -0.230. The van der Waals surface area contributed by atoms with Crippen molar-refractivity contribution in [2.75, 3.05) is 27.2 Å². The van der Waals surface area contributed by atoms with Gasteiger partial charge in [0.25, 0.3) is 5.91 Å². The predicted molar refractivity (Wildman–Crippen MR) is 107 cm³/mol. The number of rotatable bonds is 2. The number of carbonyl (C=O) groups excluding carboxylic acids is 1. The van der Waals surface area contributed by atoms with Crippen molar-refractivity contribution in [2.24, 2.45) is 0 Å². The third kappa shape index (κ3) is 3.79. The zero-order valence-corrected chi connectivity index (χ0v) is 17.2. The molecule has 0 spiro atoms. The van der Waals surface area contributed by atoms with Crippen LogP contribution in [0.3, 0.4) is 0 Å². The van der Waals surface area contributed by atoms with Gasteiger partial charge in [-0.3, -0.25) is 4.79 Å². The van der Waals surface area contributed by atoms with Gasteiger partial charge in [0.15, 0.2) is 0 Å². The summed E-state index contributed by atoms with van der Waals surface area (Å²) in [6.45, 7) is 2.01. The Kier molecular flexibility index (Phi) is 6.68. The van der Waals surface area contributed by atoms with Crippen molar-refractivity contribution in [2.45, 2.75) is 18.9 Å². The first-order valence-corrected chi connectivity index (χ1v) is 9.36. The second-order valence-corrected chi connectivity index (χ2v) is 8.23. The van der Waals surface area contributed by atoms with Gasteiger partial charge >= 0.3 is 0 Å². The lowest BCUT2D eigenvalue weighted by molar-refractivity contribution is 0.0664. The minimum Gasteiger partial charge on any atom is -0.338 e. The minimum atomic E-state index is -0.0436. The van der Waals surface area contributed by atoms with E-state index in [2.05, 4.69) is 11.9 Å². The Morgan fingerprint density at radius 3 is 2.50 bits per heavy atom. The average molecular weight is 428 g/mol. The molecule has 3 nitrogen and oxygen atoms in total. The molecular formula is C16H18Cl4N2OS. The van der Waals surface area contributed by atoms with Crippen molar-refractivity contribution >= 4 is 74.5 Å². The molecule has 0 N–H and O–H groups in total. The van der Waals surface area contributed by atoms with Crippen LogP contribution in [-0.2, 0) is 0 Å². The molecule has 1 aromatic heterocycles. The lowest BCUT2D eigenvalue weighted by atomic mass is 10.0. The molecule has 0 unspecified atom stereocenters. The number of thiophene rings is 1. The summed E-state index contributed by atoms with van der Waals surface area (Å²) in [5.41, 5.74) is 0. The normalized spacial score (nSPS) is 16.2. The Balaban J connectivity index is 0.00000208. The number of carbonyl (C=O) groups is 1. The highest BCUT2D eigenvalue weighted by Crippen LogP contribution is 2.41. The molecule has 1 aromatic carbocycles. The van der Waals surface area contributed by atoms with Gasteiger partial charge in [0, 0.05) is 28.2 Å². The number of nitrogens with zero attached hydrogens (tertiary/aromatic N) is 2. The summed E-state index contributed by atoms with van der Waals surface area (Å²) < 4.78 is 0.840. The molecule has 0 bridgehead atoms. The average Bonchev–Trinajstić information content (AvgIpc) is 2.83. The van der Waals surface area contributed by atoms with E-state index in [9.17, 15) is 4.79 Å². The lowest BCUT2D eigenvalue weighted by Gasteiger charge is -2.35. The van der Waals surface area contributed by atoms with Crippen LogP contribution in [0.1, 0.15) is 22.5 Å². The maximum Gasteiger partial charge on any atom is 0.265 e. The van der Waals surface area contributed by atoms with E-state index in [1.165, 1.54) is 11.3 Å². The Bertz CT molecular complexity index is 756. The summed E-state index contributed by atoms with van der Waals surface area (Å²) in [5, 5.41) is 2.16. The fraction of sp³-hybridized carbons (Fsp3) is 0.438. The molecule has 3 rings (SSSR count). The smallest absolute Gasteiger partial charge is 0.265 e. The number of hydrogen-bond acceptors (Lipinski definition) is 3. The Morgan fingerprint density at radius 2 is 1.88 bits per heavy atom. The van der Waals surface area contributed by atoms with E-state index >= 15 is 0 Å². The van der Waals surface area contributed by atoms with Crippen LogP contribution in [0.15, 0.2) is 12.1 Å².